The van der Waals surface area contributed by atoms with Crippen molar-refractivity contribution in [1.29, 1.82) is 0 Å². The predicted molar refractivity (Wildman–Crippen MR) is 87.8 cm³/mol. The molecular formula is C18H19NO4. The Morgan fingerprint density at radius 2 is 1.87 bits per heavy atom. The van der Waals surface area contributed by atoms with Crippen LogP contribution in [-0.2, 0) is 13.0 Å². The van der Waals surface area contributed by atoms with Crippen LogP contribution in [0.2, 0.25) is 0 Å². The van der Waals surface area contributed by atoms with E-state index in [4.69, 9.17) is 4.74 Å². The number of benzene rings is 2. The summed E-state index contributed by atoms with van der Waals surface area (Å²) in [4.78, 5) is 21.1. The number of carbonyl (C=O) groups excluding carboxylic acids is 1. The van der Waals surface area contributed by atoms with Crippen molar-refractivity contribution in [2.24, 2.45) is 5.92 Å². The molecule has 0 saturated carbocycles. The summed E-state index contributed by atoms with van der Waals surface area (Å²) >= 11 is 0. The van der Waals surface area contributed by atoms with Gasteiger partial charge in [-0.15, -0.1) is 0 Å². The number of rotatable bonds is 7. The number of nitro benzene ring substituents is 1. The van der Waals surface area contributed by atoms with Crippen LogP contribution in [0.4, 0.5) is 5.69 Å². The van der Waals surface area contributed by atoms with Gasteiger partial charge in [0, 0.05) is 17.7 Å². The SMILES string of the molecule is CC(C)Cc1cc(C=O)ccc1OCc1ccc([N+](=O)[O-])cc1. The van der Waals surface area contributed by atoms with Gasteiger partial charge in [-0.05, 0) is 53.8 Å². The zero-order chi connectivity index (χ0) is 16.8. The van der Waals surface area contributed by atoms with Crippen molar-refractivity contribution in [2.75, 3.05) is 0 Å². The Morgan fingerprint density at radius 1 is 1.17 bits per heavy atom. The van der Waals surface area contributed by atoms with Crippen LogP contribution < -0.4 is 4.74 Å². The Balaban J connectivity index is 2.12. The molecule has 0 atom stereocenters. The molecule has 120 valence electrons. The number of aldehydes is 1. The molecule has 0 N–H and O–H groups in total. The Morgan fingerprint density at radius 3 is 2.43 bits per heavy atom. The standard InChI is InChI=1S/C18H19NO4/c1-13(2)9-16-10-15(11-20)5-8-18(16)23-12-14-3-6-17(7-4-14)19(21)22/h3-8,10-11,13H,9,12H2,1-2H3. The van der Waals surface area contributed by atoms with Crippen LogP contribution in [0.1, 0.15) is 35.3 Å². The van der Waals surface area contributed by atoms with Crippen LogP contribution in [0, 0.1) is 16.0 Å². The molecule has 2 rings (SSSR count). The third-order valence-corrected chi connectivity index (χ3v) is 3.39. The first kappa shape index (κ1) is 16.7. The zero-order valence-electron chi connectivity index (χ0n) is 13.2. The van der Waals surface area contributed by atoms with Gasteiger partial charge >= 0.3 is 0 Å². The highest BCUT2D eigenvalue weighted by atomic mass is 16.6. The summed E-state index contributed by atoms with van der Waals surface area (Å²) < 4.78 is 5.84. The number of carbonyl (C=O) groups is 1. The van der Waals surface area contributed by atoms with E-state index >= 15 is 0 Å². The molecule has 0 amide bonds. The third-order valence-electron chi connectivity index (χ3n) is 3.39. The van der Waals surface area contributed by atoms with Gasteiger partial charge in [0.1, 0.15) is 18.6 Å². The van der Waals surface area contributed by atoms with E-state index in [1.807, 2.05) is 6.07 Å². The lowest BCUT2D eigenvalue weighted by Gasteiger charge is -2.14. The van der Waals surface area contributed by atoms with Crippen molar-refractivity contribution in [3.63, 3.8) is 0 Å². The molecule has 0 bridgehead atoms. The minimum Gasteiger partial charge on any atom is -0.489 e. The Hall–Kier alpha value is -2.69. The summed E-state index contributed by atoms with van der Waals surface area (Å²) in [6.45, 7) is 4.53. The van der Waals surface area contributed by atoms with Gasteiger partial charge in [0.25, 0.3) is 5.69 Å². The molecule has 0 radical (unpaired) electrons. The van der Waals surface area contributed by atoms with E-state index in [1.165, 1.54) is 12.1 Å². The highest BCUT2D eigenvalue weighted by molar-refractivity contribution is 5.75. The highest BCUT2D eigenvalue weighted by Gasteiger charge is 2.09. The van der Waals surface area contributed by atoms with E-state index in [0.29, 0.717) is 18.1 Å². The summed E-state index contributed by atoms with van der Waals surface area (Å²) in [5.74, 6) is 1.18. The maximum absolute atomic E-state index is 10.9. The molecule has 0 aliphatic rings. The second-order valence-corrected chi connectivity index (χ2v) is 5.80. The van der Waals surface area contributed by atoms with Crippen molar-refractivity contribution < 1.29 is 14.5 Å². The van der Waals surface area contributed by atoms with E-state index in [0.717, 1.165) is 29.6 Å². The maximum Gasteiger partial charge on any atom is 0.269 e. The molecule has 0 aliphatic carbocycles. The van der Waals surface area contributed by atoms with Crippen LogP contribution >= 0.6 is 0 Å². The van der Waals surface area contributed by atoms with Crippen LogP contribution in [0.5, 0.6) is 5.75 Å². The first-order chi connectivity index (χ1) is 11.0. The Labute approximate surface area is 135 Å². The molecule has 5 heteroatoms. The Bertz CT molecular complexity index is 693. The van der Waals surface area contributed by atoms with Gasteiger partial charge in [-0.2, -0.15) is 0 Å². The fourth-order valence-corrected chi connectivity index (χ4v) is 2.29. The fraction of sp³-hybridized carbons (Fsp3) is 0.278. The summed E-state index contributed by atoms with van der Waals surface area (Å²) in [6.07, 6.45) is 1.64. The average Bonchev–Trinajstić information content (AvgIpc) is 2.53. The van der Waals surface area contributed by atoms with Gasteiger partial charge in [0.2, 0.25) is 0 Å². The van der Waals surface area contributed by atoms with Gasteiger partial charge in [-0.25, -0.2) is 0 Å². The molecule has 5 nitrogen and oxygen atoms in total. The lowest BCUT2D eigenvalue weighted by atomic mass is 10.0. The van der Waals surface area contributed by atoms with Crippen LogP contribution in [0.25, 0.3) is 0 Å². The van der Waals surface area contributed by atoms with Gasteiger partial charge in [0.05, 0.1) is 4.92 Å². The first-order valence-electron chi connectivity index (χ1n) is 7.44. The second kappa shape index (κ2) is 7.54. The number of ether oxygens (including phenoxy) is 1. The molecule has 2 aromatic carbocycles. The van der Waals surface area contributed by atoms with Crippen molar-refractivity contribution in [3.05, 3.63) is 69.3 Å². The largest absolute Gasteiger partial charge is 0.489 e. The summed E-state index contributed by atoms with van der Waals surface area (Å²) in [7, 11) is 0. The topological polar surface area (TPSA) is 69.4 Å². The smallest absolute Gasteiger partial charge is 0.269 e. The Kier molecular flexibility index (Phi) is 5.46. The summed E-state index contributed by atoms with van der Waals surface area (Å²) in [6, 6.07) is 11.7. The lowest BCUT2D eigenvalue weighted by molar-refractivity contribution is -0.384. The number of hydrogen-bond acceptors (Lipinski definition) is 4. The number of nitro groups is 1. The minimum absolute atomic E-state index is 0.0598. The van der Waals surface area contributed by atoms with Gasteiger partial charge in [0.15, 0.2) is 0 Å². The molecule has 2 aromatic rings. The van der Waals surface area contributed by atoms with E-state index in [9.17, 15) is 14.9 Å². The summed E-state index contributed by atoms with van der Waals surface area (Å²) in [5.41, 5.74) is 2.53. The van der Waals surface area contributed by atoms with Crippen LogP contribution in [0.15, 0.2) is 42.5 Å². The molecule has 0 saturated heterocycles. The average molecular weight is 313 g/mol. The molecule has 0 spiro atoms. The first-order valence-corrected chi connectivity index (χ1v) is 7.44. The lowest BCUT2D eigenvalue weighted by Crippen LogP contribution is -2.02. The third kappa shape index (κ3) is 4.64. The number of nitrogens with zero attached hydrogens (tertiary/aromatic N) is 1. The minimum atomic E-state index is -0.427. The van der Waals surface area contributed by atoms with Gasteiger partial charge in [-0.1, -0.05) is 13.8 Å². The van der Waals surface area contributed by atoms with Gasteiger partial charge < -0.3 is 4.74 Å². The molecule has 0 fully saturated rings. The molecule has 0 unspecified atom stereocenters. The van der Waals surface area contributed by atoms with Crippen molar-refractivity contribution in [3.8, 4) is 5.75 Å². The van der Waals surface area contributed by atoms with Crippen molar-refractivity contribution >= 4 is 12.0 Å². The van der Waals surface area contributed by atoms with E-state index in [1.54, 1.807) is 24.3 Å². The quantitative estimate of drug-likeness (QED) is 0.437. The molecular weight excluding hydrogens is 294 g/mol. The monoisotopic (exact) mass is 313 g/mol. The number of hydrogen-bond donors (Lipinski definition) is 0. The van der Waals surface area contributed by atoms with E-state index in [-0.39, 0.29) is 5.69 Å². The fourth-order valence-electron chi connectivity index (χ4n) is 2.29. The van der Waals surface area contributed by atoms with E-state index < -0.39 is 4.92 Å². The molecule has 0 aromatic heterocycles. The van der Waals surface area contributed by atoms with Gasteiger partial charge in [-0.3, -0.25) is 14.9 Å². The van der Waals surface area contributed by atoms with Crippen LogP contribution in [0.3, 0.4) is 0 Å². The molecule has 23 heavy (non-hydrogen) atoms. The molecule has 0 heterocycles. The van der Waals surface area contributed by atoms with E-state index in [2.05, 4.69) is 13.8 Å². The zero-order valence-corrected chi connectivity index (χ0v) is 13.2. The summed E-state index contributed by atoms with van der Waals surface area (Å²) in [5, 5.41) is 10.6. The molecule has 0 aliphatic heterocycles. The number of non-ortho nitro benzene ring substituents is 1. The maximum atomic E-state index is 10.9. The van der Waals surface area contributed by atoms with Crippen molar-refractivity contribution in [2.45, 2.75) is 26.9 Å². The highest BCUT2D eigenvalue weighted by Crippen LogP contribution is 2.24. The second-order valence-electron chi connectivity index (χ2n) is 5.80. The normalized spacial score (nSPS) is 10.6. The van der Waals surface area contributed by atoms with Crippen molar-refractivity contribution in [1.82, 2.24) is 0 Å². The van der Waals surface area contributed by atoms with Crippen LogP contribution in [-0.4, -0.2) is 11.2 Å². The predicted octanol–water partition coefficient (Wildman–Crippen LogP) is 4.18.